The Hall–Kier alpha value is -1.59. The van der Waals surface area contributed by atoms with Crippen molar-refractivity contribution in [1.29, 1.82) is 0 Å². The highest BCUT2D eigenvalue weighted by molar-refractivity contribution is 5.99. The number of carbonyl (C=O) groups is 1. The van der Waals surface area contributed by atoms with Crippen molar-refractivity contribution in [2.75, 3.05) is 25.6 Å². The number of anilines is 1. The van der Waals surface area contributed by atoms with Gasteiger partial charge in [0, 0.05) is 12.6 Å². The normalized spacial score (nSPS) is 20.1. The summed E-state index contributed by atoms with van der Waals surface area (Å²) in [5.74, 6) is 5.41. The smallest absolute Gasteiger partial charge is 0.253 e. The molecular formula is C14H22N4O. The molecule has 104 valence electrons. The minimum Gasteiger partial charge on any atom is -0.348 e. The summed E-state index contributed by atoms with van der Waals surface area (Å²) in [6.07, 6.45) is 2.16. The van der Waals surface area contributed by atoms with Crippen LogP contribution in [0.4, 0.5) is 5.69 Å². The van der Waals surface area contributed by atoms with Gasteiger partial charge in [-0.2, -0.15) is 0 Å². The predicted molar refractivity (Wildman–Crippen MR) is 77.0 cm³/mol. The van der Waals surface area contributed by atoms with E-state index in [0.717, 1.165) is 31.5 Å². The van der Waals surface area contributed by atoms with Crippen LogP contribution in [0.15, 0.2) is 18.2 Å². The van der Waals surface area contributed by atoms with E-state index in [1.165, 1.54) is 0 Å². The van der Waals surface area contributed by atoms with Crippen molar-refractivity contribution < 1.29 is 4.79 Å². The third-order valence-electron chi connectivity index (χ3n) is 3.53. The zero-order valence-electron chi connectivity index (χ0n) is 11.6. The Balaban J connectivity index is 2.07. The number of piperidine rings is 1. The Bertz CT molecular complexity index is 461. The monoisotopic (exact) mass is 262 g/mol. The number of benzene rings is 1. The van der Waals surface area contributed by atoms with Crippen molar-refractivity contribution in [3.8, 4) is 0 Å². The fourth-order valence-corrected chi connectivity index (χ4v) is 2.52. The van der Waals surface area contributed by atoms with Crippen LogP contribution in [-0.2, 0) is 0 Å². The standard InChI is InChI=1S/C14H22N4O/c1-10-5-6-12(13(8-10)17-15)14(19)16-11-4-3-7-18(2)9-11/h5-6,8,11,17H,3-4,7,9,15H2,1-2H3,(H,16,19). The number of nitrogen functional groups attached to an aromatic ring is 1. The largest absolute Gasteiger partial charge is 0.348 e. The number of likely N-dealkylation sites (N-methyl/N-ethyl adjacent to an activating group) is 1. The van der Waals surface area contributed by atoms with Crippen LogP contribution in [0.2, 0.25) is 0 Å². The van der Waals surface area contributed by atoms with Crippen molar-refractivity contribution in [1.82, 2.24) is 10.2 Å². The lowest BCUT2D eigenvalue weighted by Gasteiger charge is -2.30. The summed E-state index contributed by atoms with van der Waals surface area (Å²) in [6.45, 7) is 3.98. The molecule has 1 unspecified atom stereocenters. The van der Waals surface area contributed by atoms with Crippen LogP contribution in [0.3, 0.4) is 0 Å². The van der Waals surface area contributed by atoms with Crippen molar-refractivity contribution >= 4 is 11.6 Å². The molecule has 1 fully saturated rings. The minimum atomic E-state index is -0.0618. The van der Waals surface area contributed by atoms with Crippen LogP contribution >= 0.6 is 0 Å². The Labute approximate surface area is 114 Å². The van der Waals surface area contributed by atoms with Crippen LogP contribution in [0.5, 0.6) is 0 Å². The summed E-state index contributed by atoms with van der Waals surface area (Å²) in [5.41, 5.74) is 4.93. The second kappa shape index (κ2) is 6.04. The second-order valence-corrected chi connectivity index (χ2v) is 5.27. The molecule has 0 bridgehead atoms. The number of hydrazine groups is 1. The molecule has 19 heavy (non-hydrogen) atoms. The van der Waals surface area contributed by atoms with Crippen molar-refractivity contribution in [2.45, 2.75) is 25.8 Å². The van der Waals surface area contributed by atoms with Gasteiger partial charge < -0.3 is 15.6 Å². The van der Waals surface area contributed by atoms with Gasteiger partial charge in [-0.05, 0) is 51.1 Å². The molecule has 0 aromatic heterocycles. The Morgan fingerprint density at radius 1 is 1.47 bits per heavy atom. The molecule has 1 aromatic carbocycles. The number of rotatable bonds is 3. The number of amides is 1. The molecular weight excluding hydrogens is 240 g/mol. The van der Waals surface area contributed by atoms with Gasteiger partial charge in [0.2, 0.25) is 0 Å². The first kappa shape index (κ1) is 13.8. The molecule has 1 atom stereocenters. The van der Waals surface area contributed by atoms with Gasteiger partial charge in [0.15, 0.2) is 0 Å². The molecule has 5 nitrogen and oxygen atoms in total. The summed E-state index contributed by atoms with van der Waals surface area (Å²) in [7, 11) is 2.08. The molecule has 1 amide bonds. The summed E-state index contributed by atoms with van der Waals surface area (Å²) >= 11 is 0. The molecule has 1 aromatic rings. The van der Waals surface area contributed by atoms with E-state index >= 15 is 0 Å². The van der Waals surface area contributed by atoms with E-state index in [2.05, 4.69) is 22.7 Å². The van der Waals surface area contributed by atoms with Gasteiger partial charge in [0.05, 0.1) is 11.3 Å². The maximum atomic E-state index is 12.3. The fraction of sp³-hybridized carbons (Fsp3) is 0.500. The number of nitrogens with zero attached hydrogens (tertiary/aromatic N) is 1. The highest BCUT2D eigenvalue weighted by Crippen LogP contribution is 2.17. The van der Waals surface area contributed by atoms with E-state index in [4.69, 9.17) is 5.84 Å². The lowest BCUT2D eigenvalue weighted by molar-refractivity contribution is 0.0913. The minimum absolute atomic E-state index is 0.0618. The first-order valence-electron chi connectivity index (χ1n) is 6.67. The first-order chi connectivity index (χ1) is 9.10. The van der Waals surface area contributed by atoms with Crippen LogP contribution < -0.4 is 16.6 Å². The molecule has 2 rings (SSSR count). The topological polar surface area (TPSA) is 70.4 Å². The average molecular weight is 262 g/mol. The molecule has 1 saturated heterocycles. The molecule has 0 saturated carbocycles. The number of hydrogen-bond acceptors (Lipinski definition) is 4. The number of likely N-dealkylation sites (tertiary alicyclic amines) is 1. The Morgan fingerprint density at radius 3 is 2.95 bits per heavy atom. The van der Waals surface area contributed by atoms with Gasteiger partial charge in [-0.1, -0.05) is 6.07 Å². The maximum Gasteiger partial charge on any atom is 0.253 e. The van der Waals surface area contributed by atoms with E-state index in [-0.39, 0.29) is 11.9 Å². The van der Waals surface area contributed by atoms with Crippen molar-refractivity contribution in [2.24, 2.45) is 5.84 Å². The van der Waals surface area contributed by atoms with Crippen LogP contribution in [0.25, 0.3) is 0 Å². The van der Waals surface area contributed by atoms with Crippen LogP contribution in [0.1, 0.15) is 28.8 Å². The van der Waals surface area contributed by atoms with Crippen molar-refractivity contribution in [3.63, 3.8) is 0 Å². The number of carbonyl (C=O) groups excluding carboxylic acids is 1. The number of nitrogens with one attached hydrogen (secondary N) is 2. The van der Waals surface area contributed by atoms with Gasteiger partial charge in [0.25, 0.3) is 5.91 Å². The third kappa shape index (κ3) is 3.45. The molecule has 1 aliphatic rings. The molecule has 1 aliphatic heterocycles. The number of nitrogens with two attached hydrogens (primary N) is 1. The fourth-order valence-electron chi connectivity index (χ4n) is 2.52. The average Bonchev–Trinajstić information content (AvgIpc) is 2.38. The summed E-state index contributed by atoms with van der Waals surface area (Å²) in [6, 6.07) is 5.83. The Morgan fingerprint density at radius 2 is 2.26 bits per heavy atom. The van der Waals surface area contributed by atoms with Crippen molar-refractivity contribution in [3.05, 3.63) is 29.3 Å². The maximum absolute atomic E-state index is 12.3. The highest BCUT2D eigenvalue weighted by atomic mass is 16.1. The summed E-state index contributed by atoms with van der Waals surface area (Å²) < 4.78 is 0. The SMILES string of the molecule is Cc1ccc(C(=O)NC2CCCN(C)C2)c(NN)c1. The second-order valence-electron chi connectivity index (χ2n) is 5.27. The van der Waals surface area contributed by atoms with Gasteiger partial charge in [0.1, 0.15) is 0 Å². The zero-order valence-corrected chi connectivity index (χ0v) is 11.6. The van der Waals surface area contributed by atoms with E-state index in [1.807, 2.05) is 25.1 Å². The van der Waals surface area contributed by atoms with Gasteiger partial charge in [-0.15, -0.1) is 0 Å². The van der Waals surface area contributed by atoms with E-state index in [0.29, 0.717) is 11.3 Å². The van der Waals surface area contributed by atoms with Crippen LogP contribution in [0, 0.1) is 6.92 Å². The lowest BCUT2D eigenvalue weighted by Crippen LogP contribution is -2.46. The zero-order chi connectivity index (χ0) is 13.8. The lowest BCUT2D eigenvalue weighted by atomic mass is 10.0. The third-order valence-corrected chi connectivity index (χ3v) is 3.53. The number of hydrogen-bond donors (Lipinski definition) is 3. The molecule has 5 heteroatoms. The molecule has 4 N–H and O–H groups in total. The van der Waals surface area contributed by atoms with E-state index < -0.39 is 0 Å². The molecule has 0 spiro atoms. The molecule has 1 heterocycles. The van der Waals surface area contributed by atoms with E-state index in [1.54, 1.807) is 0 Å². The summed E-state index contributed by atoms with van der Waals surface area (Å²) in [4.78, 5) is 14.5. The Kier molecular flexibility index (Phi) is 4.39. The van der Waals surface area contributed by atoms with E-state index in [9.17, 15) is 4.79 Å². The predicted octanol–water partition coefficient (Wildman–Crippen LogP) is 1.10. The van der Waals surface area contributed by atoms with Gasteiger partial charge in [-0.3, -0.25) is 10.6 Å². The van der Waals surface area contributed by atoms with Crippen LogP contribution in [-0.4, -0.2) is 37.0 Å². The van der Waals surface area contributed by atoms with Gasteiger partial charge in [-0.25, -0.2) is 0 Å². The summed E-state index contributed by atoms with van der Waals surface area (Å²) in [5, 5.41) is 3.08. The number of aryl methyl sites for hydroxylation is 1. The first-order valence-corrected chi connectivity index (χ1v) is 6.67. The van der Waals surface area contributed by atoms with Gasteiger partial charge >= 0.3 is 0 Å². The highest BCUT2D eigenvalue weighted by Gasteiger charge is 2.20. The quantitative estimate of drug-likeness (QED) is 0.563. The molecule has 0 aliphatic carbocycles. The molecule has 0 radical (unpaired) electrons.